The summed E-state index contributed by atoms with van der Waals surface area (Å²) in [5, 5.41) is 13.0. The fraction of sp³-hybridized carbons (Fsp3) is 0.512. The number of nitrogens with two attached hydrogens (primary N) is 1. The molecule has 2 aromatic heterocycles. The Balaban J connectivity index is 1.24. The first-order chi connectivity index (χ1) is 25.2. The van der Waals surface area contributed by atoms with Gasteiger partial charge in [-0.3, -0.25) is 14.5 Å². The highest BCUT2D eigenvalue weighted by Crippen LogP contribution is 2.48. The average Bonchev–Trinajstić information content (AvgIpc) is 3.87. The first-order valence-electron chi connectivity index (χ1n) is 19.1. The summed E-state index contributed by atoms with van der Waals surface area (Å²) in [6, 6.07) is 16.0. The van der Waals surface area contributed by atoms with Gasteiger partial charge in [0.15, 0.2) is 5.65 Å². The number of hydrogen-bond acceptors (Lipinski definition) is 8. The molecular weight excluding hydrogens is 653 g/mol. The Bertz CT molecular complexity index is 1930. The Morgan fingerprint density at radius 1 is 1.10 bits per heavy atom. The number of fused-ring (bicyclic) bond motifs is 1. The fourth-order valence-corrected chi connectivity index (χ4v) is 8.01. The summed E-state index contributed by atoms with van der Waals surface area (Å²) in [5.41, 5.74) is 14.2. The van der Waals surface area contributed by atoms with Crippen molar-refractivity contribution in [2.24, 2.45) is 11.1 Å². The molecule has 2 saturated heterocycles. The second-order valence-electron chi connectivity index (χ2n) is 15.0. The average molecular weight is 707 g/mol. The molecule has 0 bridgehead atoms. The van der Waals surface area contributed by atoms with E-state index in [1.807, 2.05) is 15.8 Å². The van der Waals surface area contributed by atoms with E-state index in [-0.39, 0.29) is 11.9 Å². The van der Waals surface area contributed by atoms with E-state index < -0.39 is 11.3 Å². The molecule has 11 nitrogen and oxygen atoms in total. The molecule has 4 heterocycles. The molecule has 0 radical (unpaired) electrons. The van der Waals surface area contributed by atoms with Crippen LogP contribution < -0.4 is 16.4 Å². The summed E-state index contributed by atoms with van der Waals surface area (Å²) in [6.07, 6.45) is 5.30. The van der Waals surface area contributed by atoms with Gasteiger partial charge < -0.3 is 26.0 Å². The van der Waals surface area contributed by atoms with Gasteiger partial charge in [-0.15, -0.1) is 0 Å². The third-order valence-electron chi connectivity index (χ3n) is 11.2. The number of pyridine rings is 1. The van der Waals surface area contributed by atoms with Gasteiger partial charge in [0.2, 0.25) is 11.8 Å². The Kier molecular flexibility index (Phi) is 10.6. The number of nitrogens with zero attached hydrogens (tertiary/aromatic N) is 5. The predicted molar refractivity (Wildman–Crippen MR) is 205 cm³/mol. The third kappa shape index (κ3) is 7.44. The number of anilines is 1. The van der Waals surface area contributed by atoms with Crippen LogP contribution in [0.4, 0.5) is 5.69 Å². The van der Waals surface area contributed by atoms with Crippen molar-refractivity contribution in [3.63, 3.8) is 0 Å². The molecule has 1 aliphatic carbocycles. The van der Waals surface area contributed by atoms with Crippen LogP contribution >= 0.6 is 0 Å². The van der Waals surface area contributed by atoms with Gasteiger partial charge in [0.05, 0.1) is 17.3 Å². The van der Waals surface area contributed by atoms with Gasteiger partial charge in [-0.25, -0.2) is 9.67 Å². The first kappa shape index (κ1) is 36.1. The molecule has 2 aromatic carbocycles. The molecule has 3 fully saturated rings. The van der Waals surface area contributed by atoms with Crippen molar-refractivity contribution in [2.45, 2.75) is 98.1 Å². The highest BCUT2D eigenvalue weighted by Gasteiger charge is 2.57. The summed E-state index contributed by atoms with van der Waals surface area (Å²) in [6.45, 7) is 15.3. The van der Waals surface area contributed by atoms with Gasteiger partial charge in [0.1, 0.15) is 5.41 Å². The predicted octanol–water partition coefficient (Wildman–Crippen LogP) is 5.17. The van der Waals surface area contributed by atoms with Crippen molar-refractivity contribution in [3.05, 3.63) is 76.6 Å². The van der Waals surface area contributed by atoms with Crippen molar-refractivity contribution in [1.82, 2.24) is 29.9 Å². The molecule has 0 spiro atoms. The number of ether oxygens (including phenoxy) is 1. The summed E-state index contributed by atoms with van der Waals surface area (Å²) >= 11 is 0. The largest absolute Gasteiger partial charge is 0.381 e. The molecule has 1 atom stereocenters. The Labute approximate surface area is 307 Å². The third-order valence-corrected chi connectivity index (χ3v) is 11.2. The van der Waals surface area contributed by atoms with E-state index in [9.17, 15) is 9.59 Å². The second kappa shape index (κ2) is 15.3. The number of carbonyl (C=O) groups excluding carboxylic acids is 2. The van der Waals surface area contributed by atoms with Crippen LogP contribution in [0.25, 0.3) is 22.2 Å². The molecule has 3 aliphatic rings. The van der Waals surface area contributed by atoms with Crippen molar-refractivity contribution >= 4 is 28.5 Å². The topological polar surface area (TPSA) is 131 Å². The summed E-state index contributed by atoms with van der Waals surface area (Å²) < 4.78 is 7.60. The maximum absolute atomic E-state index is 14.5. The number of carbonyl (C=O) groups is 2. The van der Waals surface area contributed by atoms with Crippen LogP contribution in [0.5, 0.6) is 0 Å². The van der Waals surface area contributed by atoms with Crippen LogP contribution in [0.1, 0.15) is 74.4 Å². The highest BCUT2D eigenvalue weighted by molar-refractivity contribution is 6.07. The lowest BCUT2D eigenvalue weighted by molar-refractivity contribution is -0.144. The number of aryl methyl sites for hydroxylation is 3. The summed E-state index contributed by atoms with van der Waals surface area (Å²) in [5.74, 6) is -0.755. The lowest BCUT2D eigenvalue weighted by atomic mass is 9.95. The van der Waals surface area contributed by atoms with Crippen molar-refractivity contribution in [3.8, 4) is 11.1 Å². The zero-order valence-corrected chi connectivity index (χ0v) is 31.2. The summed E-state index contributed by atoms with van der Waals surface area (Å²) in [4.78, 5) is 36.8. The lowest BCUT2D eigenvalue weighted by Crippen LogP contribution is -2.48. The van der Waals surface area contributed by atoms with Crippen LogP contribution in [0.3, 0.4) is 0 Å². The quantitative estimate of drug-likeness (QED) is 0.163. The minimum atomic E-state index is -1.16. The number of amides is 2. The second-order valence-corrected chi connectivity index (χ2v) is 15.0. The molecule has 0 unspecified atom stereocenters. The standard InChI is InChI=1S/C41H54N8O3/c1-5-36-35(37(45-32-12-18-52-19-13-32)34-22-44-49(6-2)38(34)46-36)26-48(40(51)41(14-15-41)39(42)50)25-30-11-10-27(3)33(21-30)31-9-7-8-29(20-31)24-47-17-16-43-28(4)23-47/h7-11,20-22,28,32,43H,5-6,12-19,23-26H2,1-4H3,(H2,42,50)(H,45,46)/t28-/m1/s1. The van der Waals surface area contributed by atoms with E-state index in [0.717, 1.165) is 83.7 Å². The number of rotatable bonds is 13. The number of hydrogen-bond donors (Lipinski definition) is 3. The highest BCUT2D eigenvalue weighted by atomic mass is 16.5. The first-order valence-corrected chi connectivity index (χ1v) is 19.1. The Morgan fingerprint density at radius 2 is 1.90 bits per heavy atom. The van der Waals surface area contributed by atoms with Crippen LogP contribution in [0.2, 0.25) is 0 Å². The molecule has 11 heteroatoms. The minimum Gasteiger partial charge on any atom is -0.381 e. The fourth-order valence-electron chi connectivity index (χ4n) is 8.01. The van der Waals surface area contributed by atoms with Gasteiger partial charge in [-0.1, -0.05) is 37.3 Å². The molecule has 7 rings (SSSR count). The molecule has 2 amide bonds. The van der Waals surface area contributed by atoms with Gasteiger partial charge in [0, 0.05) is 82.4 Å². The van der Waals surface area contributed by atoms with Crippen LogP contribution in [0.15, 0.2) is 48.7 Å². The molecule has 276 valence electrons. The monoisotopic (exact) mass is 706 g/mol. The molecule has 2 aliphatic heterocycles. The zero-order chi connectivity index (χ0) is 36.4. The maximum Gasteiger partial charge on any atom is 0.238 e. The van der Waals surface area contributed by atoms with Gasteiger partial charge >= 0.3 is 0 Å². The maximum atomic E-state index is 14.5. The van der Waals surface area contributed by atoms with E-state index >= 15 is 0 Å². The zero-order valence-electron chi connectivity index (χ0n) is 31.2. The SMILES string of the molecule is CCc1nc2c(cnn2CC)c(NC2CCOCC2)c1CN(Cc1ccc(C)c(-c2cccc(CN3CCN[C@H](C)C3)c2)c1)C(=O)C1(C(N)=O)CC1. The van der Waals surface area contributed by atoms with Gasteiger partial charge in [0.25, 0.3) is 0 Å². The van der Waals surface area contributed by atoms with E-state index in [1.54, 1.807) is 0 Å². The van der Waals surface area contributed by atoms with Crippen LogP contribution in [-0.4, -0.2) is 81.3 Å². The molecule has 4 N–H and O–H groups in total. The van der Waals surface area contributed by atoms with Gasteiger partial charge in [-0.2, -0.15) is 5.10 Å². The van der Waals surface area contributed by atoms with E-state index in [0.29, 0.717) is 58.2 Å². The molecular formula is C41H54N8O3. The van der Waals surface area contributed by atoms with Crippen molar-refractivity contribution < 1.29 is 14.3 Å². The van der Waals surface area contributed by atoms with Crippen molar-refractivity contribution in [2.75, 3.05) is 38.2 Å². The minimum absolute atomic E-state index is 0.210. The van der Waals surface area contributed by atoms with Gasteiger partial charge in [-0.05, 0) is 92.8 Å². The molecule has 52 heavy (non-hydrogen) atoms. The number of piperazine rings is 1. The number of benzene rings is 2. The van der Waals surface area contributed by atoms with E-state index in [2.05, 4.69) is 90.8 Å². The Morgan fingerprint density at radius 3 is 2.62 bits per heavy atom. The van der Waals surface area contributed by atoms with E-state index in [1.165, 1.54) is 11.1 Å². The number of primary amides is 1. The molecule has 1 saturated carbocycles. The number of aromatic nitrogens is 3. The smallest absolute Gasteiger partial charge is 0.238 e. The van der Waals surface area contributed by atoms with Crippen LogP contribution in [-0.2, 0) is 46.9 Å². The normalized spacial score (nSPS) is 19.1. The molecule has 4 aromatic rings. The van der Waals surface area contributed by atoms with Crippen LogP contribution in [0, 0.1) is 12.3 Å². The van der Waals surface area contributed by atoms with Crippen molar-refractivity contribution in [1.29, 1.82) is 0 Å². The number of nitrogens with one attached hydrogen (secondary N) is 2. The lowest BCUT2D eigenvalue weighted by Gasteiger charge is -2.32. The van der Waals surface area contributed by atoms with E-state index in [4.69, 9.17) is 15.5 Å². The Hall–Kier alpha value is -4.32. The summed E-state index contributed by atoms with van der Waals surface area (Å²) in [7, 11) is 0.